The van der Waals surface area contributed by atoms with Gasteiger partial charge < -0.3 is 15.7 Å². The Balaban J connectivity index is 2.31. The summed E-state index contributed by atoms with van der Waals surface area (Å²) in [4.78, 5) is 16.4. The maximum Gasteiger partial charge on any atom is 0.323 e. The summed E-state index contributed by atoms with van der Waals surface area (Å²) in [5.41, 5.74) is 8.47. The van der Waals surface area contributed by atoms with Crippen LogP contribution in [0.25, 0.3) is 11.3 Å². The van der Waals surface area contributed by atoms with E-state index in [0.717, 1.165) is 17.7 Å². The second-order valence-corrected chi connectivity index (χ2v) is 4.26. The first-order valence-electron chi connectivity index (χ1n) is 5.79. The van der Waals surface area contributed by atoms with Gasteiger partial charge in [-0.25, -0.2) is 4.79 Å². The molecule has 1 aromatic carbocycles. The highest BCUT2D eigenvalue weighted by Gasteiger charge is 2.06. The standard InChI is InChI=1S/C13H17N3O/c1-9(5-6-14)10-3-2-4-11(7-10)12-8-15-13(17)16-12/h2-4,7-9H,5-6,14H2,1H3,(H2,15,16,17). The van der Waals surface area contributed by atoms with E-state index < -0.39 is 0 Å². The van der Waals surface area contributed by atoms with E-state index >= 15 is 0 Å². The Labute approximate surface area is 99.9 Å². The van der Waals surface area contributed by atoms with Crippen molar-refractivity contribution in [1.82, 2.24) is 9.97 Å². The minimum Gasteiger partial charge on any atom is -0.330 e. The third-order valence-electron chi connectivity index (χ3n) is 2.96. The van der Waals surface area contributed by atoms with Gasteiger partial charge in [0.15, 0.2) is 0 Å². The molecule has 2 aromatic rings. The number of imidazole rings is 1. The monoisotopic (exact) mass is 231 g/mol. The number of hydrogen-bond donors (Lipinski definition) is 3. The number of nitrogens with one attached hydrogen (secondary N) is 2. The van der Waals surface area contributed by atoms with Gasteiger partial charge in [0.1, 0.15) is 0 Å². The highest BCUT2D eigenvalue weighted by atomic mass is 16.1. The Morgan fingerprint density at radius 3 is 2.88 bits per heavy atom. The van der Waals surface area contributed by atoms with Crippen LogP contribution in [-0.4, -0.2) is 16.5 Å². The number of aromatic nitrogens is 2. The molecule has 1 aromatic heterocycles. The van der Waals surface area contributed by atoms with Crippen LogP contribution in [0.15, 0.2) is 35.3 Å². The fraction of sp³-hybridized carbons (Fsp3) is 0.308. The molecular weight excluding hydrogens is 214 g/mol. The van der Waals surface area contributed by atoms with E-state index in [1.807, 2.05) is 12.1 Å². The first-order chi connectivity index (χ1) is 8.20. The molecule has 4 N–H and O–H groups in total. The van der Waals surface area contributed by atoms with Crippen LogP contribution in [0.3, 0.4) is 0 Å². The number of H-pyrrole nitrogens is 2. The summed E-state index contributed by atoms with van der Waals surface area (Å²) in [6.07, 6.45) is 2.65. The summed E-state index contributed by atoms with van der Waals surface area (Å²) < 4.78 is 0. The van der Waals surface area contributed by atoms with Crippen molar-refractivity contribution in [1.29, 1.82) is 0 Å². The van der Waals surface area contributed by atoms with Crippen LogP contribution >= 0.6 is 0 Å². The number of hydrogen-bond acceptors (Lipinski definition) is 2. The van der Waals surface area contributed by atoms with Gasteiger partial charge in [-0.2, -0.15) is 0 Å². The molecular formula is C13H17N3O. The lowest BCUT2D eigenvalue weighted by Gasteiger charge is -2.11. The lowest BCUT2D eigenvalue weighted by Crippen LogP contribution is -2.04. The SMILES string of the molecule is CC(CCN)c1cccc(-c2c[nH]c(=O)[nH]2)c1. The summed E-state index contributed by atoms with van der Waals surface area (Å²) in [7, 11) is 0. The molecule has 1 heterocycles. The predicted octanol–water partition coefficient (Wildman–Crippen LogP) is 1.82. The highest BCUT2D eigenvalue weighted by molar-refractivity contribution is 5.59. The zero-order chi connectivity index (χ0) is 12.3. The van der Waals surface area contributed by atoms with Gasteiger partial charge in [0.2, 0.25) is 0 Å². The summed E-state index contributed by atoms with van der Waals surface area (Å²) in [5.74, 6) is 0.436. The highest BCUT2D eigenvalue weighted by Crippen LogP contribution is 2.23. The van der Waals surface area contributed by atoms with Crippen molar-refractivity contribution in [3.05, 3.63) is 46.5 Å². The summed E-state index contributed by atoms with van der Waals surface area (Å²) >= 11 is 0. The molecule has 90 valence electrons. The van der Waals surface area contributed by atoms with Crippen molar-refractivity contribution in [3.63, 3.8) is 0 Å². The van der Waals surface area contributed by atoms with E-state index in [1.165, 1.54) is 5.56 Å². The average Bonchev–Trinajstić information content (AvgIpc) is 2.76. The van der Waals surface area contributed by atoms with E-state index in [1.54, 1.807) is 6.20 Å². The Hall–Kier alpha value is -1.81. The molecule has 2 rings (SSSR count). The number of aromatic amines is 2. The van der Waals surface area contributed by atoms with Gasteiger partial charge in [0.25, 0.3) is 0 Å². The van der Waals surface area contributed by atoms with Gasteiger partial charge in [-0.15, -0.1) is 0 Å². The first kappa shape index (κ1) is 11.7. The summed E-state index contributed by atoms with van der Waals surface area (Å²) in [6.45, 7) is 2.85. The van der Waals surface area contributed by atoms with Crippen LogP contribution in [-0.2, 0) is 0 Å². The molecule has 0 saturated heterocycles. The lowest BCUT2D eigenvalue weighted by molar-refractivity contribution is 0.690. The third kappa shape index (κ3) is 2.65. The molecule has 17 heavy (non-hydrogen) atoms. The normalized spacial score (nSPS) is 12.6. The molecule has 0 aliphatic carbocycles. The molecule has 0 aliphatic heterocycles. The minimum absolute atomic E-state index is 0.180. The van der Waals surface area contributed by atoms with Gasteiger partial charge in [0, 0.05) is 6.20 Å². The van der Waals surface area contributed by atoms with Gasteiger partial charge in [-0.05, 0) is 36.1 Å². The van der Waals surface area contributed by atoms with Crippen molar-refractivity contribution < 1.29 is 0 Å². The van der Waals surface area contributed by atoms with E-state index in [2.05, 4.69) is 29.0 Å². The second-order valence-electron chi connectivity index (χ2n) is 4.26. The van der Waals surface area contributed by atoms with Crippen molar-refractivity contribution >= 4 is 0 Å². The molecule has 0 radical (unpaired) electrons. The van der Waals surface area contributed by atoms with Crippen LogP contribution in [0, 0.1) is 0 Å². The van der Waals surface area contributed by atoms with E-state index in [0.29, 0.717) is 12.5 Å². The van der Waals surface area contributed by atoms with Crippen LogP contribution in [0.1, 0.15) is 24.8 Å². The third-order valence-corrected chi connectivity index (χ3v) is 2.96. The molecule has 1 unspecified atom stereocenters. The zero-order valence-electron chi connectivity index (χ0n) is 9.86. The van der Waals surface area contributed by atoms with Gasteiger partial charge >= 0.3 is 5.69 Å². The molecule has 0 saturated carbocycles. The molecule has 0 spiro atoms. The summed E-state index contributed by atoms with van der Waals surface area (Å²) in [6, 6.07) is 8.18. The Kier molecular flexibility index (Phi) is 3.44. The molecule has 4 nitrogen and oxygen atoms in total. The number of rotatable bonds is 4. The van der Waals surface area contributed by atoms with Crippen molar-refractivity contribution in [2.24, 2.45) is 5.73 Å². The minimum atomic E-state index is -0.180. The summed E-state index contributed by atoms with van der Waals surface area (Å²) in [5, 5.41) is 0. The zero-order valence-corrected chi connectivity index (χ0v) is 9.86. The van der Waals surface area contributed by atoms with Crippen LogP contribution < -0.4 is 11.4 Å². The average molecular weight is 231 g/mol. The van der Waals surface area contributed by atoms with Crippen molar-refractivity contribution in [2.45, 2.75) is 19.3 Å². The topological polar surface area (TPSA) is 74.7 Å². The van der Waals surface area contributed by atoms with Gasteiger partial charge in [-0.1, -0.05) is 25.1 Å². The molecule has 0 amide bonds. The largest absolute Gasteiger partial charge is 0.330 e. The van der Waals surface area contributed by atoms with Crippen molar-refractivity contribution in [3.8, 4) is 11.3 Å². The predicted molar refractivity (Wildman–Crippen MR) is 68.9 cm³/mol. The van der Waals surface area contributed by atoms with Gasteiger partial charge in [-0.3, -0.25) is 0 Å². The van der Waals surface area contributed by atoms with Gasteiger partial charge in [0.05, 0.1) is 5.69 Å². The molecule has 4 heteroatoms. The fourth-order valence-corrected chi connectivity index (χ4v) is 1.92. The second kappa shape index (κ2) is 5.01. The van der Waals surface area contributed by atoms with E-state index in [-0.39, 0.29) is 5.69 Å². The molecule has 0 aliphatic rings. The molecule has 0 bridgehead atoms. The number of nitrogens with two attached hydrogens (primary N) is 1. The lowest BCUT2D eigenvalue weighted by atomic mass is 9.95. The molecule has 0 fully saturated rings. The maximum atomic E-state index is 11.1. The Morgan fingerprint density at radius 2 is 2.24 bits per heavy atom. The fourth-order valence-electron chi connectivity index (χ4n) is 1.92. The first-order valence-corrected chi connectivity index (χ1v) is 5.79. The van der Waals surface area contributed by atoms with Crippen LogP contribution in [0.5, 0.6) is 0 Å². The Bertz CT molecular complexity index is 541. The van der Waals surface area contributed by atoms with Crippen molar-refractivity contribution in [2.75, 3.05) is 6.54 Å². The van der Waals surface area contributed by atoms with Crippen LogP contribution in [0.4, 0.5) is 0 Å². The number of benzene rings is 1. The van der Waals surface area contributed by atoms with E-state index in [4.69, 9.17) is 5.73 Å². The Morgan fingerprint density at radius 1 is 1.41 bits per heavy atom. The maximum absolute atomic E-state index is 11.1. The smallest absolute Gasteiger partial charge is 0.323 e. The van der Waals surface area contributed by atoms with Crippen LogP contribution in [0.2, 0.25) is 0 Å². The molecule has 1 atom stereocenters. The van der Waals surface area contributed by atoms with E-state index in [9.17, 15) is 4.79 Å². The quantitative estimate of drug-likeness (QED) is 0.750.